The second-order valence-electron chi connectivity index (χ2n) is 5.42. The summed E-state index contributed by atoms with van der Waals surface area (Å²) < 4.78 is 0. The lowest BCUT2D eigenvalue weighted by Crippen LogP contribution is -2.25. The molecule has 0 bridgehead atoms. The van der Waals surface area contributed by atoms with Crippen molar-refractivity contribution in [2.24, 2.45) is 11.7 Å². The second kappa shape index (κ2) is 6.53. The molecule has 21 heavy (non-hydrogen) atoms. The number of carbonyl (C=O) groups is 1. The van der Waals surface area contributed by atoms with Crippen molar-refractivity contribution in [3.05, 3.63) is 33.9 Å². The van der Waals surface area contributed by atoms with Crippen molar-refractivity contribution in [1.82, 2.24) is 0 Å². The number of rotatable bonds is 5. The molecule has 7 nitrogen and oxygen atoms in total. The van der Waals surface area contributed by atoms with Crippen molar-refractivity contribution in [2.45, 2.75) is 31.8 Å². The number of aliphatic hydroxyl groups is 1. The molecule has 0 aliphatic heterocycles. The van der Waals surface area contributed by atoms with Crippen molar-refractivity contribution < 1.29 is 14.8 Å². The number of anilines is 1. The fourth-order valence-electron chi connectivity index (χ4n) is 2.69. The summed E-state index contributed by atoms with van der Waals surface area (Å²) >= 11 is 0. The molecule has 0 spiro atoms. The van der Waals surface area contributed by atoms with Gasteiger partial charge in [0.05, 0.1) is 11.0 Å². The lowest BCUT2D eigenvalue weighted by Gasteiger charge is -2.26. The summed E-state index contributed by atoms with van der Waals surface area (Å²) in [4.78, 5) is 21.7. The molecule has 114 valence electrons. The Labute approximate surface area is 122 Å². The zero-order valence-electron chi connectivity index (χ0n) is 11.6. The van der Waals surface area contributed by atoms with E-state index in [2.05, 4.69) is 5.32 Å². The zero-order valence-corrected chi connectivity index (χ0v) is 11.6. The van der Waals surface area contributed by atoms with E-state index in [-0.39, 0.29) is 29.0 Å². The predicted octanol–water partition coefficient (Wildman–Crippen LogP) is 1.66. The van der Waals surface area contributed by atoms with Crippen LogP contribution in [0.1, 0.15) is 36.0 Å². The average molecular weight is 293 g/mol. The van der Waals surface area contributed by atoms with Gasteiger partial charge in [-0.15, -0.1) is 0 Å². The SMILES string of the molecule is NC(=O)c1ccc([N+](=O)[O-])c(NCC2CCCC(O)C2)c1. The minimum Gasteiger partial charge on any atom is -0.393 e. The van der Waals surface area contributed by atoms with Crippen LogP contribution in [0, 0.1) is 16.0 Å². The van der Waals surface area contributed by atoms with Crippen molar-refractivity contribution in [3.63, 3.8) is 0 Å². The van der Waals surface area contributed by atoms with Crippen molar-refractivity contribution in [3.8, 4) is 0 Å². The van der Waals surface area contributed by atoms with E-state index < -0.39 is 10.8 Å². The van der Waals surface area contributed by atoms with Crippen LogP contribution < -0.4 is 11.1 Å². The number of amides is 1. The summed E-state index contributed by atoms with van der Waals surface area (Å²) in [5.74, 6) is -0.355. The minimum absolute atomic E-state index is 0.0867. The van der Waals surface area contributed by atoms with Crippen LogP contribution in [-0.2, 0) is 0 Å². The van der Waals surface area contributed by atoms with Crippen LogP contribution >= 0.6 is 0 Å². The maximum atomic E-state index is 11.2. The Hall–Kier alpha value is -2.15. The van der Waals surface area contributed by atoms with Gasteiger partial charge in [0.2, 0.25) is 5.91 Å². The lowest BCUT2D eigenvalue weighted by molar-refractivity contribution is -0.384. The van der Waals surface area contributed by atoms with Crippen LogP contribution in [0.2, 0.25) is 0 Å². The number of nitrogens with zero attached hydrogens (tertiary/aromatic N) is 1. The molecular weight excluding hydrogens is 274 g/mol. The summed E-state index contributed by atoms with van der Waals surface area (Å²) in [5, 5.41) is 23.7. The Balaban J connectivity index is 2.11. The van der Waals surface area contributed by atoms with E-state index in [1.165, 1.54) is 18.2 Å². The Kier molecular flexibility index (Phi) is 4.74. The quantitative estimate of drug-likeness (QED) is 0.563. The van der Waals surface area contributed by atoms with Crippen LogP contribution in [0.4, 0.5) is 11.4 Å². The highest BCUT2D eigenvalue weighted by atomic mass is 16.6. The zero-order chi connectivity index (χ0) is 15.4. The Morgan fingerprint density at radius 2 is 2.24 bits per heavy atom. The number of nitrogens with two attached hydrogens (primary N) is 1. The summed E-state index contributed by atoms with van der Waals surface area (Å²) in [5.41, 5.74) is 5.63. The van der Waals surface area contributed by atoms with E-state index in [4.69, 9.17) is 5.73 Å². The summed E-state index contributed by atoms with van der Waals surface area (Å²) in [6, 6.07) is 4.02. The number of nitrogens with one attached hydrogen (secondary N) is 1. The van der Waals surface area contributed by atoms with Gasteiger partial charge in [-0.05, 0) is 37.3 Å². The predicted molar refractivity (Wildman–Crippen MR) is 78.1 cm³/mol. The molecule has 7 heteroatoms. The number of nitro groups is 1. The van der Waals surface area contributed by atoms with Gasteiger partial charge in [0.15, 0.2) is 0 Å². The average Bonchev–Trinajstić information content (AvgIpc) is 2.44. The number of carbonyl (C=O) groups excluding carboxylic acids is 1. The fourth-order valence-corrected chi connectivity index (χ4v) is 2.69. The summed E-state index contributed by atoms with van der Waals surface area (Å²) in [7, 11) is 0. The molecule has 2 atom stereocenters. The van der Waals surface area contributed by atoms with Crippen LogP contribution in [0.25, 0.3) is 0 Å². The molecule has 4 N–H and O–H groups in total. The maximum Gasteiger partial charge on any atom is 0.292 e. The molecule has 0 saturated heterocycles. The highest BCUT2D eigenvalue weighted by molar-refractivity contribution is 5.94. The van der Waals surface area contributed by atoms with Gasteiger partial charge < -0.3 is 16.2 Å². The summed E-state index contributed by atoms with van der Waals surface area (Å²) in [6.07, 6.45) is 3.14. The number of nitro benzene ring substituents is 1. The molecule has 1 saturated carbocycles. The van der Waals surface area contributed by atoms with E-state index in [1.807, 2.05) is 0 Å². The lowest BCUT2D eigenvalue weighted by atomic mass is 9.87. The molecule has 1 aromatic carbocycles. The van der Waals surface area contributed by atoms with Crippen LogP contribution in [0.5, 0.6) is 0 Å². The minimum atomic E-state index is -0.624. The molecular formula is C14H19N3O4. The largest absolute Gasteiger partial charge is 0.393 e. The smallest absolute Gasteiger partial charge is 0.292 e. The van der Waals surface area contributed by atoms with E-state index in [0.29, 0.717) is 13.0 Å². The van der Waals surface area contributed by atoms with E-state index in [9.17, 15) is 20.0 Å². The molecule has 1 amide bonds. The monoisotopic (exact) mass is 293 g/mol. The second-order valence-corrected chi connectivity index (χ2v) is 5.42. The van der Waals surface area contributed by atoms with Crippen molar-refractivity contribution >= 4 is 17.3 Å². The molecule has 2 rings (SSSR count). The number of hydrogen-bond acceptors (Lipinski definition) is 5. The molecule has 0 aromatic heterocycles. The Bertz CT molecular complexity index is 547. The summed E-state index contributed by atoms with van der Waals surface area (Å²) in [6.45, 7) is 0.528. The molecule has 2 unspecified atom stereocenters. The first kappa shape index (κ1) is 15.2. The number of primary amides is 1. The van der Waals surface area contributed by atoms with E-state index >= 15 is 0 Å². The normalized spacial score (nSPS) is 21.8. The van der Waals surface area contributed by atoms with Gasteiger partial charge in [-0.2, -0.15) is 0 Å². The van der Waals surface area contributed by atoms with Crippen LogP contribution in [-0.4, -0.2) is 28.6 Å². The Morgan fingerprint density at radius 1 is 1.48 bits per heavy atom. The molecule has 0 heterocycles. The third-order valence-electron chi connectivity index (χ3n) is 3.81. The number of hydrogen-bond donors (Lipinski definition) is 3. The van der Waals surface area contributed by atoms with Crippen molar-refractivity contribution in [2.75, 3.05) is 11.9 Å². The first-order valence-electron chi connectivity index (χ1n) is 6.97. The van der Waals surface area contributed by atoms with Gasteiger partial charge >= 0.3 is 0 Å². The highest BCUT2D eigenvalue weighted by Gasteiger charge is 2.22. The third kappa shape index (κ3) is 3.91. The van der Waals surface area contributed by atoms with Crippen molar-refractivity contribution in [1.29, 1.82) is 0 Å². The standard InChI is InChI=1S/C14H19N3O4/c15-14(19)10-4-5-13(17(20)21)12(7-10)16-8-9-2-1-3-11(18)6-9/h4-5,7,9,11,16,18H,1-3,6,8H2,(H2,15,19). The molecule has 1 aromatic rings. The molecule has 1 fully saturated rings. The fraction of sp³-hybridized carbons (Fsp3) is 0.500. The van der Waals surface area contributed by atoms with Gasteiger partial charge in [0, 0.05) is 18.2 Å². The third-order valence-corrected chi connectivity index (χ3v) is 3.81. The first-order chi connectivity index (χ1) is 9.97. The number of benzene rings is 1. The highest BCUT2D eigenvalue weighted by Crippen LogP contribution is 2.28. The van der Waals surface area contributed by atoms with Gasteiger partial charge in [-0.3, -0.25) is 14.9 Å². The molecule has 1 aliphatic carbocycles. The number of aliphatic hydroxyl groups excluding tert-OH is 1. The van der Waals surface area contributed by atoms with Crippen LogP contribution in [0.15, 0.2) is 18.2 Å². The van der Waals surface area contributed by atoms with E-state index in [1.54, 1.807) is 0 Å². The van der Waals surface area contributed by atoms with Crippen LogP contribution in [0.3, 0.4) is 0 Å². The molecule has 1 aliphatic rings. The first-order valence-corrected chi connectivity index (χ1v) is 6.97. The maximum absolute atomic E-state index is 11.2. The van der Waals surface area contributed by atoms with Gasteiger partial charge in [-0.1, -0.05) is 6.42 Å². The van der Waals surface area contributed by atoms with Gasteiger partial charge in [0.25, 0.3) is 5.69 Å². The van der Waals surface area contributed by atoms with Gasteiger partial charge in [0.1, 0.15) is 5.69 Å². The Morgan fingerprint density at radius 3 is 2.86 bits per heavy atom. The van der Waals surface area contributed by atoms with Gasteiger partial charge in [-0.25, -0.2) is 0 Å². The molecule has 0 radical (unpaired) electrons. The van der Waals surface area contributed by atoms with E-state index in [0.717, 1.165) is 19.3 Å². The topological polar surface area (TPSA) is 118 Å².